The second-order valence-electron chi connectivity index (χ2n) is 2.77. The summed E-state index contributed by atoms with van der Waals surface area (Å²) >= 11 is 6.00. The van der Waals surface area contributed by atoms with Crippen LogP contribution in [0.5, 0.6) is 5.75 Å². The van der Waals surface area contributed by atoms with Crippen LogP contribution in [0.1, 0.15) is 18.1 Å². The topological polar surface area (TPSA) is 9.23 Å². The highest BCUT2D eigenvalue weighted by atomic mass is 35.5. The van der Waals surface area contributed by atoms with Crippen LogP contribution in [0.2, 0.25) is 5.02 Å². The van der Waals surface area contributed by atoms with E-state index in [0.717, 1.165) is 22.8 Å². The van der Waals surface area contributed by atoms with Gasteiger partial charge in [0.15, 0.2) is 0 Å². The first-order valence-electron chi connectivity index (χ1n) is 4.02. The van der Waals surface area contributed by atoms with Crippen LogP contribution in [0, 0.1) is 6.92 Å². The van der Waals surface area contributed by atoms with Gasteiger partial charge in [-0.2, -0.15) is 0 Å². The molecule has 0 atom stereocenters. The lowest BCUT2D eigenvalue weighted by Gasteiger charge is -2.07. The average Bonchev–Trinajstić information content (AvgIpc) is 2.08. The van der Waals surface area contributed by atoms with E-state index in [1.807, 2.05) is 13.0 Å². The Hall–Kier alpha value is -0.690. The van der Waals surface area contributed by atoms with Gasteiger partial charge >= 0.3 is 0 Å². The van der Waals surface area contributed by atoms with Crippen LogP contribution in [-0.4, -0.2) is 7.11 Å². The molecule has 66 valence electrons. The Morgan fingerprint density at radius 3 is 2.58 bits per heavy atom. The number of benzene rings is 1. The van der Waals surface area contributed by atoms with Gasteiger partial charge in [0, 0.05) is 5.02 Å². The molecule has 0 aromatic heterocycles. The highest BCUT2D eigenvalue weighted by molar-refractivity contribution is 6.31. The normalized spacial score (nSPS) is 10.0. The lowest BCUT2D eigenvalue weighted by Crippen LogP contribution is -1.90. The average molecular weight is 185 g/mol. The summed E-state index contributed by atoms with van der Waals surface area (Å²) < 4.78 is 5.14. The molecule has 1 nitrogen and oxygen atoms in total. The third kappa shape index (κ3) is 1.72. The Morgan fingerprint density at radius 2 is 2.08 bits per heavy atom. The molecule has 1 rings (SSSR count). The van der Waals surface area contributed by atoms with Crippen molar-refractivity contribution in [1.82, 2.24) is 0 Å². The van der Waals surface area contributed by atoms with Crippen molar-refractivity contribution in [2.45, 2.75) is 20.3 Å². The van der Waals surface area contributed by atoms with Gasteiger partial charge in [-0.3, -0.25) is 0 Å². The molecular weight excluding hydrogens is 172 g/mol. The zero-order valence-electron chi connectivity index (χ0n) is 7.65. The summed E-state index contributed by atoms with van der Waals surface area (Å²) in [6.07, 6.45) is 0.962. The van der Waals surface area contributed by atoms with Gasteiger partial charge in [0.2, 0.25) is 0 Å². The summed E-state index contributed by atoms with van der Waals surface area (Å²) in [5.74, 6) is 0.859. The molecule has 0 unspecified atom stereocenters. The van der Waals surface area contributed by atoms with Crippen LogP contribution >= 0.6 is 11.6 Å². The van der Waals surface area contributed by atoms with Gasteiger partial charge in [-0.25, -0.2) is 0 Å². The molecule has 0 amide bonds. The summed E-state index contributed by atoms with van der Waals surface area (Å²) in [5.41, 5.74) is 2.31. The molecule has 1 aromatic carbocycles. The predicted molar refractivity (Wildman–Crippen MR) is 52.1 cm³/mol. The number of ether oxygens (including phenoxy) is 1. The Morgan fingerprint density at radius 1 is 1.42 bits per heavy atom. The summed E-state index contributed by atoms with van der Waals surface area (Å²) in [5, 5.41) is 0.792. The van der Waals surface area contributed by atoms with Gasteiger partial charge in [-0.15, -0.1) is 0 Å². The Balaban J connectivity index is 3.16. The lowest BCUT2D eigenvalue weighted by molar-refractivity contribution is 0.411. The van der Waals surface area contributed by atoms with E-state index < -0.39 is 0 Å². The SMILES string of the molecule is CCc1cc(C)c(OC)cc1Cl. The standard InChI is InChI=1S/C10H13ClO/c1-4-8-5-7(2)10(12-3)6-9(8)11/h5-6H,4H2,1-3H3. The molecule has 0 aliphatic heterocycles. The number of hydrogen-bond acceptors (Lipinski definition) is 1. The summed E-state index contributed by atoms with van der Waals surface area (Å²) in [6, 6.07) is 3.94. The van der Waals surface area contributed by atoms with Crippen molar-refractivity contribution in [2.75, 3.05) is 7.11 Å². The van der Waals surface area contributed by atoms with Gasteiger partial charge in [0.05, 0.1) is 7.11 Å². The molecule has 0 fully saturated rings. The van der Waals surface area contributed by atoms with Crippen molar-refractivity contribution in [3.8, 4) is 5.75 Å². The molecular formula is C10H13ClO. The molecule has 0 saturated carbocycles. The van der Waals surface area contributed by atoms with Gasteiger partial charge in [0.25, 0.3) is 0 Å². The quantitative estimate of drug-likeness (QED) is 0.686. The summed E-state index contributed by atoms with van der Waals surface area (Å²) in [7, 11) is 1.66. The number of hydrogen-bond donors (Lipinski definition) is 0. The second-order valence-corrected chi connectivity index (χ2v) is 3.17. The fourth-order valence-electron chi connectivity index (χ4n) is 1.21. The lowest BCUT2D eigenvalue weighted by atomic mass is 10.1. The third-order valence-corrected chi connectivity index (χ3v) is 2.30. The molecule has 0 heterocycles. The largest absolute Gasteiger partial charge is 0.496 e. The van der Waals surface area contributed by atoms with Gasteiger partial charge < -0.3 is 4.74 Å². The van der Waals surface area contributed by atoms with Gasteiger partial charge in [-0.1, -0.05) is 24.6 Å². The molecule has 0 radical (unpaired) electrons. The molecule has 0 aliphatic rings. The van der Waals surface area contributed by atoms with Gasteiger partial charge in [0.1, 0.15) is 5.75 Å². The number of methoxy groups -OCH3 is 1. The molecule has 0 bridgehead atoms. The van der Waals surface area contributed by atoms with E-state index in [4.69, 9.17) is 16.3 Å². The predicted octanol–water partition coefficient (Wildman–Crippen LogP) is 3.22. The molecule has 0 spiro atoms. The highest BCUT2D eigenvalue weighted by Gasteiger charge is 2.03. The number of halogens is 1. The zero-order valence-corrected chi connectivity index (χ0v) is 8.40. The van der Waals surface area contributed by atoms with Crippen LogP contribution < -0.4 is 4.74 Å². The monoisotopic (exact) mass is 184 g/mol. The van der Waals surface area contributed by atoms with Crippen molar-refractivity contribution in [2.24, 2.45) is 0 Å². The van der Waals surface area contributed by atoms with E-state index in [1.54, 1.807) is 7.11 Å². The third-order valence-electron chi connectivity index (χ3n) is 1.94. The van der Waals surface area contributed by atoms with Crippen LogP contribution in [0.15, 0.2) is 12.1 Å². The molecule has 12 heavy (non-hydrogen) atoms. The molecule has 0 saturated heterocycles. The molecule has 0 N–H and O–H groups in total. The highest BCUT2D eigenvalue weighted by Crippen LogP contribution is 2.26. The second kappa shape index (κ2) is 3.81. The van der Waals surface area contributed by atoms with Crippen molar-refractivity contribution < 1.29 is 4.74 Å². The maximum atomic E-state index is 6.00. The first kappa shape index (κ1) is 9.40. The fraction of sp³-hybridized carbons (Fsp3) is 0.400. The van der Waals surface area contributed by atoms with E-state index in [0.29, 0.717) is 0 Å². The van der Waals surface area contributed by atoms with Crippen LogP contribution in [0.25, 0.3) is 0 Å². The van der Waals surface area contributed by atoms with Crippen molar-refractivity contribution in [3.63, 3.8) is 0 Å². The van der Waals surface area contributed by atoms with E-state index in [9.17, 15) is 0 Å². The maximum Gasteiger partial charge on any atom is 0.123 e. The van der Waals surface area contributed by atoms with E-state index in [1.165, 1.54) is 5.56 Å². The minimum atomic E-state index is 0.792. The van der Waals surface area contributed by atoms with Crippen molar-refractivity contribution >= 4 is 11.6 Å². The number of rotatable bonds is 2. The van der Waals surface area contributed by atoms with E-state index in [-0.39, 0.29) is 0 Å². The Kier molecular flexibility index (Phi) is 2.99. The Labute approximate surface area is 78.3 Å². The fourth-order valence-corrected chi connectivity index (χ4v) is 1.50. The number of aryl methyl sites for hydroxylation is 2. The van der Waals surface area contributed by atoms with Crippen LogP contribution in [0.3, 0.4) is 0 Å². The van der Waals surface area contributed by atoms with Crippen LogP contribution in [0.4, 0.5) is 0 Å². The minimum Gasteiger partial charge on any atom is -0.496 e. The van der Waals surface area contributed by atoms with Crippen LogP contribution in [-0.2, 0) is 6.42 Å². The van der Waals surface area contributed by atoms with E-state index in [2.05, 4.69) is 13.0 Å². The first-order chi connectivity index (χ1) is 5.69. The summed E-state index contributed by atoms with van der Waals surface area (Å²) in [4.78, 5) is 0. The van der Waals surface area contributed by atoms with E-state index >= 15 is 0 Å². The maximum absolute atomic E-state index is 6.00. The zero-order chi connectivity index (χ0) is 9.14. The first-order valence-corrected chi connectivity index (χ1v) is 4.39. The smallest absolute Gasteiger partial charge is 0.123 e. The van der Waals surface area contributed by atoms with Crippen molar-refractivity contribution in [1.29, 1.82) is 0 Å². The minimum absolute atomic E-state index is 0.792. The van der Waals surface area contributed by atoms with Crippen molar-refractivity contribution in [3.05, 3.63) is 28.3 Å². The summed E-state index contributed by atoms with van der Waals surface area (Å²) in [6.45, 7) is 4.11. The molecule has 0 aliphatic carbocycles. The molecule has 1 aromatic rings. The van der Waals surface area contributed by atoms with Gasteiger partial charge in [-0.05, 0) is 30.5 Å². The Bertz CT molecular complexity index is 252. The molecule has 2 heteroatoms.